The van der Waals surface area contributed by atoms with E-state index < -0.39 is 0 Å². The van der Waals surface area contributed by atoms with Crippen molar-refractivity contribution in [2.24, 2.45) is 0 Å². The lowest BCUT2D eigenvalue weighted by atomic mass is 10.3. The number of pyridine rings is 1. The Kier molecular flexibility index (Phi) is 2.12. The minimum atomic E-state index is 0.176. The molecule has 3 heteroatoms. The van der Waals surface area contributed by atoms with E-state index in [2.05, 4.69) is 4.98 Å². The smallest absolute Gasteiger partial charge is 0.138 e. The van der Waals surface area contributed by atoms with Crippen molar-refractivity contribution in [1.29, 1.82) is 0 Å². The molecule has 0 atom stereocenters. The first-order valence-corrected chi connectivity index (χ1v) is 3.48. The van der Waals surface area contributed by atoms with Gasteiger partial charge in [-0.25, -0.2) is 0 Å². The van der Waals surface area contributed by atoms with Gasteiger partial charge in [0.2, 0.25) is 0 Å². The molecular formula is C7H8ClNO. The van der Waals surface area contributed by atoms with Gasteiger partial charge in [-0.05, 0) is 18.6 Å². The van der Waals surface area contributed by atoms with Crippen LogP contribution < -0.4 is 0 Å². The Hall–Kier alpha value is -0.760. The van der Waals surface area contributed by atoms with Crippen LogP contribution in [0.25, 0.3) is 0 Å². The minimum Gasteiger partial charge on any atom is -0.506 e. The third-order valence-corrected chi connectivity index (χ3v) is 1.46. The van der Waals surface area contributed by atoms with E-state index >= 15 is 0 Å². The molecule has 0 saturated carbocycles. The molecule has 10 heavy (non-hydrogen) atoms. The van der Waals surface area contributed by atoms with Crippen molar-refractivity contribution < 1.29 is 5.11 Å². The number of aromatic nitrogens is 1. The normalized spacial score (nSPS) is 9.80. The van der Waals surface area contributed by atoms with E-state index in [0.29, 0.717) is 5.69 Å². The predicted octanol–water partition coefficient (Wildman–Crippen LogP) is 1.83. The van der Waals surface area contributed by atoms with Crippen molar-refractivity contribution >= 4 is 11.6 Å². The summed E-state index contributed by atoms with van der Waals surface area (Å²) in [6.07, 6.45) is 1.68. The van der Waals surface area contributed by atoms with Gasteiger partial charge in [0.25, 0.3) is 0 Å². The summed E-state index contributed by atoms with van der Waals surface area (Å²) in [5.74, 6) is 0.432. The Morgan fingerprint density at radius 2 is 2.40 bits per heavy atom. The second-order valence-corrected chi connectivity index (χ2v) is 2.38. The van der Waals surface area contributed by atoms with Crippen molar-refractivity contribution in [3.8, 4) is 5.75 Å². The van der Waals surface area contributed by atoms with E-state index in [1.807, 2.05) is 6.92 Å². The molecule has 0 fully saturated rings. The molecule has 1 heterocycles. The second kappa shape index (κ2) is 2.88. The predicted molar refractivity (Wildman–Crippen MR) is 40.2 cm³/mol. The molecule has 0 aliphatic heterocycles. The van der Waals surface area contributed by atoms with Gasteiger partial charge >= 0.3 is 0 Å². The molecule has 1 aromatic heterocycles. The zero-order chi connectivity index (χ0) is 7.56. The van der Waals surface area contributed by atoms with Gasteiger partial charge in [0.05, 0.1) is 11.6 Å². The van der Waals surface area contributed by atoms with E-state index in [4.69, 9.17) is 16.7 Å². The SMILES string of the molecule is Cc1cnc(CCl)c(O)c1. The Balaban J connectivity index is 3.07. The molecule has 1 rings (SSSR count). The number of rotatable bonds is 1. The first-order chi connectivity index (χ1) is 4.74. The highest BCUT2D eigenvalue weighted by Gasteiger charge is 1.99. The summed E-state index contributed by atoms with van der Waals surface area (Å²) in [5.41, 5.74) is 1.47. The van der Waals surface area contributed by atoms with E-state index in [-0.39, 0.29) is 11.6 Å². The van der Waals surface area contributed by atoms with Gasteiger partial charge in [0, 0.05) is 6.20 Å². The van der Waals surface area contributed by atoms with Crippen LogP contribution in [0.15, 0.2) is 12.3 Å². The first kappa shape index (κ1) is 7.35. The summed E-state index contributed by atoms with van der Waals surface area (Å²) in [7, 11) is 0. The Morgan fingerprint density at radius 1 is 1.70 bits per heavy atom. The number of nitrogens with zero attached hydrogens (tertiary/aromatic N) is 1. The van der Waals surface area contributed by atoms with E-state index in [1.165, 1.54) is 0 Å². The van der Waals surface area contributed by atoms with E-state index in [9.17, 15) is 0 Å². The monoisotopic (exact) mass is 157 g/mol. The lowest BCUT2D eigenvalue weighted by Crippen LogP contribution is -1.86. The average molecular weight is 158 g/mol. The Bertz CT molecular complexity index is 237. The summed E-state index contributed by atoms with van der Waals surface area (Å²) in [6.45, 7) is 1.87. The van der Waals surface area contributed by atoms with Gasteiger partial charge in [0.1, 0.15) is 5.75 Å². The van der Waals surface area contributed by atoms with Crippen LogP contribution in [0.2, 0.25) is 0 Å². The average Bonchev–Trinajstić information content (AvgIpc) is 1.88. The number of aryl methyl sites for hydroxylation is 1. The van der Waals surface area contributed by atoms with Gasteiger partial charge in [-0.2, -0.15) is 0 Å². The van der Waals surface area contributed by atoms with Gasteiger partial charge in [-0.15, -0.1) is 11.6 Å². The third kappa shape index (κ3) is 1.39. The fraction of sp³-hybridized carbons (Fsp3) is 0.286. The molecule has 0 bridgehead atoms. The van der Waals surface area contributed by atoms with Crippen LogP contribution in [-0.4, -0.2) is 10.1 Å². The lowest BCUT2D eigenvalue weighted by Gasteiger charge is -1.98. The molecule has 0 aliphatic carbocycles. The summed E-state index contributed by atoms with van der Waals surface area (Å²) in [6, 6.07) is 1.64. The molecule has 0 amide bonds. The van der Waals surface area contributed by atoms with Crippen molar-refractivity contribution in [2.75, 3.05) is 0 Å². The number of alkyl halides is 1. The molecule has 0 saturated heterocycles. The van der Waals surface area contributed by atoms with Gasteiger partial charge in [-0.1, -0.05) is 0 Å². The van der Waals surface area contributed by atoms with Gasteiger partial charge < -0.3 is 5.11 Å². The van der Waals surface area contributed by atoms with Gasteiger partial charge in [0.15, 0.2) is 0 Å². The highest BCUT2D eigenvalue weighted by molar-refractivity contribution is 6.17. The van der Waals surface area contributed by atoms with Crippen LogP contribution in [-0.2, 0) is 5.88 Å². The maximum Gasteiger partial charge on any atom is 0.138 e. The maximum atomic E-state index is 9.14. The third-order valence-electron chi connectivity index (χ3n) is 1.21. The molecule has 0 aromatic carbocycles. The highest BCUT2D eigenvalue weighted by Crippen LogP contribution is 2.16. The van der Waals surface area contributed by atoms with Crippen molar-refractivity contribution in [3.05, 3.63) is 23.5 Å². The standard InChI is InChI=1S/C7H8ClNO/c1-5-2-7(10)6(3-8)9-4-5/h2,4,10H,3H2,1H3. The Morgan fingerprint density at radius 3 is 2.90 bits per heavy atom. The zero-order valence-electron chi connectivity index (χ0n) is 5.63. The molecule has 0 spiro atoms. The molecule has 54 valence electrons. The number of hydrogen-bond acceptors (Lipinski definition) is 2. The molecule has 0 radical (unpaired) electrons. The van der Waals surface area contributed by atoms with Crippen molar-refractivity contribution in [1.82, 2.24) is 4.98 Å². The molecule has 0 unspecified atom stereocenters. The molecule has 0 aliphatic rings. The number of aromatic hydroxyl groups is 1. The lowest BCUT2D eigenvalue weighted by molar-refractivity contribution is 0.466. The van der Waals surface area contributed by atoms with E-state index in [0.717, 1.165) is 5.56 Å². The quantitative estimate of drug-likeness (QED) is 0.631. The van der Waals surface area contributed by atoms with Crippen LogP contribution in [0.4, 0.5) is 0 Å². The van der Waals surface area contributed by atoms with E-state index in [1.54, 1.807) is 12.3 Å². The zero-order valence-corrected chi connectivity index (χ0v) is 6.39. The van der Waals surface area contributed by atoms with Crippen molar-refractivity contribution in [2.45, 2.75) is 12.8 Å². The molecular weight excluding hydrogens is 150 g/mol. The fourth-order valence-corrected chi connectivity index (χ4v) is 0.891. The van der Waals surface area contributed by atoms with Crippen LogP contribution in [0.5, 0.6) is 5.75 Å². The Labute approximate surface area is 64.5 Å². The summed E-state index contributed by atoms with van der Waals surface area (Å²) < 4.78 is 0. The van der Waals surface area contributed by atoms with Crippen LogP contribution in [0, 0.1) is 6.92 Å². The van der Waals surface area contributed by atoms with Crippen LogP contribution in [0.3, 0.4) is 0 Å². The summed E-state index contributed by atoms with van der Waals surface area (Å²) >= 11 is 5.46. The maximum absolute atomic E-state index is 9.14. The highest BCUT2D eigenvalue weighted by atomic mass is 35.5. The van der Waals surface area contributed by atoms with Gasteiger partial charge in [-0.3, -0.25) is 4.98 Å². The van der Waals surface area contributed by atoms with Crippen LogP contribution in [0.1, 0.15) is 11.3 Å². The minimum absolute atomic E-state index is 0.176. The number of hydrogen-bond donors (Lipinski definition) is 1. The van der Waals surface area contributed by atoms with Crippen LogP contribution >= 0.6 is 11.6 Å². The largest absolute Gasteiger partial charge is 0.506 e. The second-order valence-electron chi connectivity index (χ2n) is 2.11. The number of halogens is 1. The molecule has 1 N–H and O–H groups in total. The van der Waals surface area contributed by atoms with Crippen molar-refractivity contribution in [3.63, 3.8) is 0 Å². The summed E-state index contributed by atoms with van der Waals surface area (Å²) in [4.78, 5) is 3.91. The topological polar surface area (TPSA) is 33.1 Å². The molecule has 1 aromatic rings. The first-order valence-electron chi connectivity index (χ1n) is 2.94. The fourth-order valence-electron chi connectivity index (χ4n) is 0.685. The molecule has 2 nitrogen and oxygen atoms in total. The summed E-state index contributed by atoms with van der Waals surface area (Å²) in [5, 5.41) is 9.14.